The zero-order valence-corrected chi connectivity index (χ0v) is 27.0. The molecule has 16 heteroatoms. The number of esters is 1. The van der Waals surface area contributed by atoms with E-state index < -0.39 is 29.9 Å². The minimum atomic E-state index is -1.02. The van der Waals surface area contributed by atoms with Gasteiger partial charge in [-0.05, 0) is 31.4 Å². The molecule has 1 fully saturated rings. The molecule has 1 aromatic carbocycles. The minimum absolute atomic E-state index is 0.169. The molecule has 0 saturated carbocycles. The first-order chi connectivity index (χ1) is 22.5. The number of hydrogen-bond acceptors (Lipinski definition) is 11. The zero-order chi connectivity index (χ0) is 34.6. The van der Waals surface area contributed by atoms with Crippen LogP contribution < -0.4 is 10.6 Å². The number of nitrogens with one attached hydrogen (secondary N) is 2. The number of benzene rings is 1. The Morgan fingerprint density at radius 1 is 0.723 bits per heavy atom. The monoisotopic (exact) mass is 664 g/mol. The summed E-state index contributed by atoms with van der Waals surface area (Å²) in [7, 11) is 1.26. The van der Waals surface area contributed by atoms with Crippen LogP contribution in [0.15, 0.2) is 30.3 Å². The van der Waals surface area contributed by atoms with Crippen LogP contribution in [-0.4, -0.2) is 169 Å². The standard InChI is InChI=1S/C31H48N6O10/c1-47-31(46)25(33-30(45)24-7-3-2-4-8-24)9-5-6-11-32-26(38)10-12-34-13-15-35(21-27(39)40)17-19-37(23-29(43)44)20-18-36(16-14-34)22-28(41)42/h2-4,7-8,25H,5-6,9-23H2,1H3,(H,32,38)(H,33,45)(H,39,40)(H,41,42)(H,43,44). The van der Waals surface area contributed by atoms with E-state index in [1.54, 1.807) is 45.0 Å². The average Bonchev–Trinajstić information content (AvgIpc) is 3.02. The van der Waals surface area contributed by atoms with E-state index in [0.29, 0.717) is 90.3 Å². The lowest BCUT2D eigenvalue weighted by molar-refractivity contribution is -0.143. The maximum Gasteiger partial charge on any atom is 0.328 e. The van der Waals surface area contributed by atoms with Gasteiger partial charge in [0.15, 0.2) is 0 Å². The van der Waals surface area contributed by atoms with Crippen molar-refractivity contribution in [3.05, 3.63) is 35.9 Å². The summed E-state index contributed by atoms with van der Waals surface area (Å²) < 4.78 is 4.83. The van der Waals surface area contributed by atoms with Crippen molar-refractivity contribution in [2.45, 2.75) is 31.7 Å². The van der Waals surface area contributed by atoms with E-state index in [2.05, 4.69) is 10.6 Å². The maximum atomic E-state index is 12.7. The molecule has 1 heterocycles. The number of unbranched alkanes of at least 4 members (excludes halogenated alkanes) is 1. The number of nitrogens with zero attached hydrogens (tertiary/aromatic N) is 4. The molecule has 2 rings (SSSR count). The van der Waals surface area contributed by atoms with Gasteiger partial charge in [0.05, 0.1) is 26.7 Å². The highest BCUT2D eigenvalue weighted by molar-refractivity contribution is 5.96. The van der Waals surface area contributed by atoms with Gasteiger partial charge in [-0.15, -0.1) is 0 Å². The quantitative estimate of drug-likeness (QED) is 0.101. The number of carbonyl (C=O) groups excluding carboxylic acids is 3. The van der Waals surface area contributed by atoms with Gasteiger partial charge in [0.2, 0.25) is 5.91 Å². The van der Waals surface area contributed by atoms with Crippen LogP contribution in [0.25, 0.3) is 0 Å². The fourth-order valence-corrected chi connectivity index (χ4v) is 5.12. The molecule has 2 amide bonds. The van der Waals surface area contributed by atoms with Gasteiger partial charge in [-0.1, -0.05) is 18.2 Å². The van der Waals surface area contributed by atoms with E-state index in [1.165, 1.54) is 7.11 Å². The number of amides is 2. The summed E-state index contributed by atoms with van der Waals surface area (Å²) in [5.41, 5.74) is 0.428. The molecule has 1 saturated heterocycles. The smallest absolute Gasteiger partial charge is 0.328 e. The van der Waals surface area contributed by atoms with Crippen molar-refractivity contribution >= 4 is 35.7 Å². The van der Waals surface area contributed by atoms with Crippen LogP contribution in [-0.2, 0) is 28.7 Å². The molecule has 0 spiro atoms. The molecule has 1 aromatic rings. The molecule has 5 N–H and O–H groups in total. The Morgan fingerprint density at radius 2 is 1.19 bits per heavy atom. The van der Waals surface area contributed by atoms with E-state index >= 15 is 0 Å². The molecular weight excluding hydrogens is 616 g/mol. The van der Waals surface area contributed by atoms with Gasteiger partial charge in [0, 0.05) is 77.4 Å². The molecule has 47 heavy (non-hydrogen) atoms. The second kappa shape index (κ2) is 21.6. The number of ether oxygens (including phenoxy) is 1. The summed E-state index contributed by atoms with van der Waals surface area (Å²) in [6.07, 6.45) is 1.62. The largest absolute Gasteiger partial charge is 0.480 e. The molecule has 0 radical (unpaired) electrons. The molecule has 1 atom stereocenters. The predicted octanol–water partition coefficient (Wildman–Crippen LogP) is -0.890. The summed E-state index contributed by atoms with van der Waals surface area (Å²) in [6.45, 7) is 2.93. The van der Waals surface area contributed by atoms with Crippen LogP contribution in [0.3, 0.4) is 0 Å². The van der Waals surface area contributed by atoms with Crippen molar-refractivity contribution in [3.8, 4) is 0 Å². The zero-order valence-electron chi connectivity index (χ0n) is 27.0. The van der Waals surface area contributed by atoms with Crippen LogP contribution in [0.1, 0.15) is 36.0 Å². The fourth-order valence-electron chi connectivity index (χ4n) is 5.12. The Morgan fingerprint density at radius 3 is 1.64 bits per heavy atom. The third-order valence-corrected chi connectivity index (χ3v) is 7.73. The third-order valence-electron chi connectivity index (χ3n) is 7.73. The second-order valence-corrected chi connectivity index (χ2v) is 11.4. The Labute approximate surface area is 274 Å². The van der Waals surface area contributed by atoms with Gasteiger partial charge in [0.25, 0.3) is 5.91 Å². The van der Waals surface area contributed by atoms with Crippen molar-refractivity contribution < 1.29 is 48.8 Å². The lowest BCUT2D eigenvalue weighted by atomic mass is 10.1. The molecule has 16 nitrogen and oxygen atoms in total. The van der Waals surface area contributed by atoms with Gasteiger partial charge < -0.3 is 35.6 Å². The topological polar surface area (TPSA) is 209 Å². The molecule has 1 aliphatic heterocycles. The number of carbonyl (C=O) groups is 6. The number of carboxylic acids is 3. The minimum Gasteiger partial charge on any atom is -0.480 e. The van der Waals surface area contributed by atoms with E-state index in [1.807, 2.05) is 4.90 Å². The Hall–Kier alpha value is -4.12. The number of carboxylic acid groups (broad SMARTS) is 3. The number of aliphatic carboxylic acids is 3. The van der Waals surface area contributed by atoms with Crippen LogP contribution >= 0.6 is 0 Å². The number of methoxy groups -OCH3 is 1. The Balaban J connectivity index is 1.88. The predicted molar refractivity (Wildman–Crippen MR) is 170 cm³/mol. The Kier molecular flexibility index (Phi) is 18.0. The summed E-state index contributed by atoms with van der Waals surface area (Å²) in [5.74, 6) is -4.14. The molecule has 1 unspecified atom stereocenters. The van der Waals surface area contributed by atoms with Crippen LogP contribution in [0, 0.1) is 0 Å². The van der Waals surface area contributed by atoms with Gasteiger partial charge in [-0.3, -0.25) is 38.7 Å². The lowest BCUT2D eigenvalue weighted by Crippen LogP contribution is -2.48. The molecule has 262 valence electrons. The number of hydrogen-bond donors (Lipinski definition) is 5. The second-order valence-electron chi connectivity index (χ2n) is 11.4. The maximum absolute atomic E-state index is 12.7. The van der Waals surface area contributed by atoms with Gasteiger partial charge in [0.1, 0.15) is 6.04 Å². The Bertz CT molecular complexity index is 1140. The first-order valence-electron chi connectivity index (χ1n) is 15.7. The summed E-state index contributed by atoms with van der Waals surface area (Å²) in [6, 6.07) is 7.71. The van der Waals surface area contributed by atoms with Gasteiger partial charge in [-0.2, -0.15) is 0 Å². The van der Waals surface area contributed by atoms with Crippen LogP contribution in [0.2, 0.25) is 0 Å². The molecule has 1 aliphatic rings. The fraction of sp³-hybridized carbons (Fsp3) is 0.613. The first kappa shape index (κ1) is 39.1. The molecule has 0 bridgehead atoms. The number of rotatable bonds is 17. The summed E-state index contributed by atoms with van der Waals surface area (Å²) in [4.78, 5) is 78.7. The van der Waals surface area contributed by atoms with Crippen molar-refractivity contribution in [2.24, 2.45) is 0 Å². The van der Waals surface area contributed by atoms with Crippen molar-refractivity contribution in [2.75, 3.05) is 92.2 Å². The van der Waals surface area contributed by atoms with Crippen molar-refractivity contribution in [1.82, 2.24) is 30.2 Å². The van der Waals surface area contributed by atoms with Crippen molar-refractivity contribution in [3.63, 3.8) is 0 Å². The van der Waals surface area contributed by atoms with E-state index in [-0.39, 0.29) is 37.9 Å². The molecular formula is C31H48N6O10. The lowest BCUT2D eigenvalue weighted by Gasteiger charge is -2.33. The highest BCUT2D eigenvalue weighted by atomic mass is 16.5. The summed E-state index contributed by atoms with van der Waals surface area (Å²) in [5, 5.41) is 33.6. The highest BCUT2D eigenvalue weighted by Crippen LogP contribution is 2.07. The molecule has 0 aromatic heterocycles. The SMILES string of the molecule is COC(=O)C(CCCCNC(=O)CCN1CCN(CC(=O)O)CCN(CC(=O)O)CCN(CC(=O)O)CC1)NC(=O)c1ccccc1. The highest BCUT2D eigenvalue weighted by Gasteiger charge is 2.23. The van der Waals surface area contributed by atoms with Crippen molar-refractivity contribution in [1.29, 1.82) is 0 Å². The van der Waals surface area contributed by atoms with Crippen LogP contribution in [0.4, 0.5) is 0 Å². The van der Waals surface area contributed by atoms with E-state index in [4.69, 9.17) is 4.74 Å². The third kappa shape index (κ3) is 16.8. The average molecular weight is 665 g/mol. The summed E-state index contributed by atoms with van der Waals surface area (Å²) >= 11 is 0. The molecule has 0 aliphatic carbocycles. The van der Waals surface area contributed by atoms with Gasteiger partial charge in [-0.25, -0.2) is 4.79 Å². The van der Waals surface area contributed by atoms with E-state index in [0.717, 1.165) is 0 Å². The van der Waals surface area contributed by atoms with Crippen LogP contribution in [0.5, 0.6) is 0 Å². The normalized spacial score (nSPS) is 16.6. The first-order valence-corrected chi connectivity index (χ1v) is 15.7. The van der Waals surface area contributed by atoms with Gasteiger partial charge >= 0.3 is 23.9 Å². The van der Waals surface area contributed by atoms with E-state index in [9.17, 15) is 44.1 Å².